The summed E-state index contributed by atoms with van der Waals surface area (Å²) in [6.07, 6.45) is 3.53. The van der Waals surface area contributed by atoms with Crippen molar-refractivity contribution >= 4 is 5.91 Å². The van der Waals surface area contributed by atoms with Crippen LogP contribution in [0.1, 0.15) is 40.7 Å². The molecule has 0 atom stereocenters. The molecule has 0 aromatic heterocycles. The minimum Gasteiger partial charge on any atom is -0.356 e. The second-order valence-corrected chi connectivity index (χ2v) is 7.42. The molecule has 138 valence electrons. The lowest BCUT2D eigenvalue weighted by Crippen LogP contribution is -2.33. The molecular formula is C23H30N2O. The molecule has 0 spiro atoms. The Balaban J connectivity index is 1.32. The van der Waals surface area contributed by atoms with Crippen molar-refractivity contribution < 1.29 is 4.79 Å². The lowest BCUT2D eigenvalue weighted by molar-refractivity contribution is -0.121. The average Bonchev–Trinajstić information content (AvgIpc) is 2.66. The van der Waals surface area contributed by atoms with Crippen molar-refractivity contribution in [3.63, 3.8) is 0 Å². The molecule has 1 N–H and O–H groups in total. The van der Waals surface area contributed by atoms with E-state index in [1.54, 1.807) is 0 Å². The first-order chi connectivity index (χ1) is 12.6. The highest BCUT2D eigenvalue weighted by molar-refractivity contribution is 5.76. The van der Waals surface area contributed by atoms with E-state index in [9.17, 15) is 4.79 Å². The molecule has 0 radical (unpaired) electrons. The Labute approximate surface area is 157 Å². The van der Waals surface area contributed by atoms with Gasteiger partial charge in [0.15, 0.2) is 0 Å². The minimum atomic E-state index is 0.159. The first-order valence-electron chi connectivity index (χ1n) is 9.74. The van der Waals surface area contributed by atoms with E-state index < -0.39 is 0 Å². The van der Waals surface area contributed by atoms with Gasteiger partial charge >= 0.3 is 0 Å². The molecule has 0 aliphatic carbocycles. The quantitative estimate of drug-likeness (QED) is 0.770. The monoisotopic (exact) mass is 350 g/mol. The number of benzene rings is 2. The van der Waals surface area contributed by atoms with Gasteiger partial charge in [0.2, 0.25) is 5.91 Å². The highest BCUT2D eigenvalue weighted by Gasteiger charge is 2.14. The number of carbonyl (C=O) groups excluding carboxylic acids is 1. The fourth-order valence-corrected chi connectivity index (χ4v) is 3.58. The summed E-state index contributed by atoms with van der Waals surface area (Å²) >= 11 is 0. The van der Waals surface area contributed by atoms with Gasteiger partial charge in [-0.05, 0) is 60.9 Å². The molecule has 0 saturated heterocycles. The maximum absolute atomic E-state index is 12.1. The van der Waals surface area contributed by atoms with Crippen molar-refractivity contribution in [2.24, 2.45) is 0 Å². The smallest absolute Gasteiger partial charge is 0.220 e. The number of amides is 1. The third kappa shape index (κ3) is 5.18. The number of hydrogen-bond donors (Lipinski definition) is 1. The van der Waals surface area contributed by atoms with Gasteiger partial charge in [-0.3, -0.25) is 9.69 Å². The Hall–Kier alpha value is -2.13. The van der Waals surface area contributed by atoms with Crippen LogP contribution in [0.3, 0.4) is 0 Å². The first-order valence-corrected chi connectivity index (χ1v) is 9.74. The van der Waals surface area contributed by atoms with E-state index in [1.807, 2.05) is 0 Å². The van der Waals surface area contributed by atoms with E-state index in [2.05, 4.69) is 66.5 Å². The molecule has 26 heavy (non-hydrogen) atoms. The average molecular weight is 351 g/mol. The van der Waals surface area contributed by atoms with Crippen LogP contribution in [0.25, 0.3) is 0 Å². The molecule has 1 aliphatic rings. The molecule has 3 nitrogen and oxygen atoms in total. The molecule has 0 unspecified atom stereocenters. The highest BCUT2D eigenvalue weighted by Crippen LogP contribution is 2.18. The molecule has 3 heteroatoms. The predicted molar refractivity (Wildman–Crippen MR) is 107 cm³/mol. The van der Waals surface area contributed by atoms with Crippen molar-refractivity contribution in [2.75, 3.05) is 19.6 Å². The van der Waals surface area contributed by atoms with Gasteiger partial charge in [-0.2, -0.15) is 0 Å². The third-order valence-corrected chi connectivity index (χ3v) is 5.40. The zero-order valence-electron chi connectivity index (χ0n) is 16.1. The Morgan fingerprint density at radius 3 is 2.69 bits per heavy atom. The van der Waals surface area contributed by atoms with Crippen LogP contribution in [0.4, 0.5) is 0 Å². The number of nitrogens with zero attached hydrogens (tertiary/aromatic N) is 1. The minimum absolute atomic E-state index is 0.159. The molecule has 1 aliphatic heterocycles. The molecular weight excluding hydrogens is 320 g/mol. The number of aryl methyl sites for hydroxylation is 3. The maximum atomic E-state index is 12.1. The summed E-state index contributed by atoms with van der Waals surface area (Å²) in [6.45, 7) is 8.22. The molecule has 2 aromatic carbocycles. The van der Waals surface area contributed by atoms with Gasteiger partial charge in [0, 0.05) is 32.6 Å². The van der Waals surface area contributed by atoms with E-state index in [-0.39, 0.29) is 5.91 Å². The van der Waals surface area contributed by atoms with Gasteiger partial charge in [0.1, 0.15) is 0 Å². The molecule has 0 saturated carbocycles. The number of carbonyl (C=O) groups is 1. The summed E-state index contributed by atoms with van der Waals surface area (Å²) in [6, 6.07) is 15.2. The normalized spacial score (nSPS) is 14.1. The van der Waals surface area contributed by atoms with Crippen LogP contribution >= 0.6 is 0 Å². The van der Waals surface area contributed by atoms with Crippen LogP contribution in [0.2, 0.25) is 0 Å². The van der Waals surface area contributed by atoms with Crippen LogP contribution < -0.4 is 5.32 Å². The second kappa shape index (κ2) is 9.00. The SMILES string of the molecule is Cc1ccc(CCC(=O)NCCCN2CCc3ccccc3C2)cc1C. The Kier molecular flexibility index (Phi) is 6.45. The number of fused-ring (bicyclic) bond motifs is 1. The number of nitrogens with one attached hydrogen (secondary N) is 1. The van der Waals surface area contributed by atoms with Gasteiger partial charge in [-0.15, -0.1) is 0 Å². The Morgan fingerprint density at radius 2 is 1.88 bits per heavy atom. The topological polar surface area (TPSA) is 32.3 Å². The lowest BCUT2D eigenvalue weighted by atomic mass is 10.00. The number of rotatable bonds is 7. The molecule has 0 bridgehead atoms. The van der Waals surface area contributed by atoms with Crippen LogP contribution in [-0.4, -0.2) is 30.4 Å². The van der Waals surface area contributed by atoms with Gasteiger partial charge in [0.05, 0.1) is 0 Å². The zero-order valence-corrected chi connectivity index (χ0v) is 16.1. The van der Waals surface area contributed by atoms with Crippen LogP contribution in [0.5, 0.6) is 0 Å². The van der Waals surface area contributed by atoms with Crippen LogP contribution in [0.15, 0.2) is 42.5 Å². The number of hydrogen-bond acceptors (Lipinski definition) is 2. The highest BCUT2D eigenvalue weighted by atomic mass is 16.1. The van der Waals surface area contributed by atoms with Crippen molar-refractivity contribution in [1.29, 1.82) is 0 Å². The van der Waals surface area contributed by atoms with E-state index in [0.29, 0.717) is 6.42 Å². The molecule has 0 fully saturated rings. The Bertz CT molecular complexity index is 754. The Morgan fingerprint density at radius 1 is 1.08 bits per heavy atom. The molecule has 3 rings (SSSR count). The van der Waals surface area contributed by atoms with Crippen molar-refractivity contribution in [3.05, 3.63) is 70.3 Å². The third-order valence-electron chi connectivity index (χ3n) is 5.40. The summed E-state index contributed by atoms with van der Waals surface area (Å²) in [4.78, 5) is 14.5. The van der Waals surface area contributed by atoms with E-state index in [4.69, 9.17) is 0 Å². The van der Waals surface area contributed by atoms with Gasteiger partial charge in [-0.25, -0.2) is 0 Å². The summed E-state index contributed by atoms with van der Waals surface area (Å²) in [7, 11) is 0. The van der Waals surface area contributed by atoms with Gasteiger partial charge < -0.3 is 5.32 Å². The van der Waals surface area contributed by atoms with Crippen LogP contribution in [-0.2, 0) is 24.2 Å². The maximum Gasteiger partial charge on any atom is 0.220 e. The summed E-state index contributed by atoms with van der Waals surface area (Å²) in [5.41, 5.74) is 6.79. The first kappa shape index (κ1) is 18.7. The summed E-state index contributed by atoms with van der Waals surface area (Å²) in [5, 5.41) is 3.07. The molecule has 1 heterocycles. The second-order valence-electron chi connectivity index (χ2n) is 7.42. The van der Waals surface area contributed by atoms with E-state index in [0.717, 1.165) is 45.4 Å². The van der Waals surface area contributed by atoms with Crippen LogP contribution in [0, 0.1) is 13.8 Å². The molecule has 1 amide bonds. The van der Waals surface area contributed by atoms with Crippen molar-refractivity contribution in [2.45, 2.75) is 46.1 Å². The summed E-state index contributed by atoms with van der Waals surface area (Å²) in [5.74, 6) is 0.159. The fourth-order valence-electron chi connectivity index (χ4n) is 3.58. The zero-order chi connectivity index (χ0) is 18.4. The van der Waals surface area contributed by atoms with Gasteiger partial charge in [-0.1, -0.05) is 42.5 Å². The predicted octanol–water partition coefficient (Wildman–Crippen LogP) is 3.80. The van der Waals surface area contributed by atoms with Crippen molar-refractivity contribution in [1.82, 2.24) is 10.2 Å². The lowest BCUT2D eigenvalue weighted by Gasteiger charge is -2.28. The van der Waals surface area contributed by atoms with Gasteiger partial charge in [0.25, 0.3) is 0 Å². The standard InChI is InChI=1S/C23H30N2O/c1-18-8-9-20(16-19(18)2)10-11-23(26)24-13-5-14-25-15-12-21-6-3-4-7-22(21)17-25/h3-4,6-9,16H,5,10-15,17H2,1-2H3,(H,24,26). The fraction of sp³-hybridized carbons (Fsp3) is 0.435. The van der Waals surface area contributed by atoms with E-state index >= 15 is 0 Å². The largest absolute Gasteiger partial charge is 0.356 e. The molecule has 2 aromatic rings. The van der Waals surface area contributed by atoms with Crippen molar-refractivity contribution in [3.8, 4) is 0 Å². The van der Waals surface area contributed by atoms with E-state index in [1.165, 1.54) is 27.8 Å². The summed E-state index contributed by atoms with van der Waals surface area (Å²) < 4.78 is 0.